The molecular formula is C66H52N2. The minimum absolute atomic E-state index is 0.277. The Hall–Kier alpha value is -8.20. The Morgan fingerprint density at radius 2 is 0.544 bits per heavy atom. The van der Waals surface area contributed by atoms with Crippen LogP contribution in [0.1, 0.15) is 49.9 Å². The first-order valence-corrected chi connectivity index (χ1v) is 23.8. The number of benzene rings is 10. The van der Waals surface area contributed by atoms with Crippen molar-refractivity contribution in [2.75, 3.05) is 9.80 Å². The Kier molecular flexibility index (Phi) is 9.88. The van der Waals surface area contributed by atoms with Crippen LogP contribution in [0.25, 0.3) is 55.6 Å². The highest BCUT2D eigenvalue weighted by molar-refractivity contribution is 5.96. The minimum atomic E-state index is -0.277. The highest BCUT2D eigenvalue weighted by Crippen LogP contribution is 2.61. The third-order valence-corrected chi connectivity index (χ3v) is 14.6. The maximum Gasteiger partial charge on any atom is 0.0544 e. The predicted octanol–water partition coefficient (Wildman–Crippen LogP) is 18.2. The Labute approximate surface area is 401 Å². The molecule has 68 heavy (non-hydrogen) atoms. The molecule has 0 saturated carbocycles. The molecule has 0 radical (unpaired) electrons. The molecule has 0 atom stereocenters. The van der Waals surface area contributed by atoms with E-state index < -0.39 is 0 Å². The maximum atomic E-state index is 2.60. The highest BCUT2D eigenvalue weighted by atomic mass is 15.2. The van der Waals surface area contributed by atoms with Crippen LogP contribution in [0.3, 0.4) is 0 Å². The lowest BCUT2D eigenvalue weighted by molar-refractivity contribution is 0.598. The van der Waals surface area contributed by atoms with E-state index in [4.69, 9.17) is 0 Å². The zero-order valence-electron chi connectivity index (χ0n) is 39.0. The number of rotatable bonds is 8. The summed E-state index contributed by atoms with van der Waals surface area (Å²) in [5.74, 6) is 0. The monoisotopic (exact) mass is 872 g/mol. The van der Waals surface area contributed by atoms with Crippen LogP contribution in [0, 0.1) is 0 Å². The quantitative estimate of drug-likeness (QED) is 0.150. The zero-order chi connectivity index (χ0) is 46.0. The van der Waals surface area contributed by atoms with Crippen LogP contribution >= 0.6 is 0 Å². The number of hydrogen-bond donors (Lipinski definition) is 0. The van der Waals surface area contributed by atoms with Gasteiger partial charge in [-0.05, 0) is 139 Å². The van der Waals surface area contributed by atoms with Crippen LogP contribution in [0.5, 0.6) is 0 Å². The summed E-state index contributed by atoms with van der Waals surface area (Å²) in [6, 6.07) is 89.2. The molecule has 2 nitrogen and oxygen atoms in total. The van der Waals surface area contributed by atoms with Crippen molar-refractivity contribution in [3.05, 3.63) is 265 Å². The van der Waals surface area contributed by atoms with Gasteiger partial charge >= 0.3 is 0 Å². The summed E-state index contributed by atoms with van der Waals surface area (Å²) in [5, 5.41) is 0. The number of fused-ring (bicyclic) bond motifs is 4. The molecule has 0 bridgehead atoms. The molecule has 2 aliphatic rings. The Morgan fingerprint density at radius 1 is 0.265 bits per heavy atom. The smallest absolute Gasteiger partial charge is 0.0544 e. The molecule has 0 fully saturated rings. The highest BCUT2D eigenvalue weighted by Gasteiger charge is 2.46. The SMILES string of the molecule is CC1(C)c2ccc(-c3ccccc3)cc2N2c3cc(-c4ccccc4)ccc3C(C)(C)c3cc(-c4ccc(N(c5ccc(-c6ccccc6)cc5)c5ccc(-c6ccccc6)cc5)cc4)cc1c32. The van der Waals surface area contributed by atoms with Crippen LogP contribution in [0.4, 0.5) is 34.1 Å². The molecule has 2 heteroatoms. The van der Waals surface area contributed by atoms with E-state index in [0.29, 0.717) is 0 Å². The van der Waals surface area contributed by atoms with Crippen molar-refractivity contribution >= 4 is 34.1 Å². The third kappa shape index (κ3) is 6.95. The molecule has 326 valence electrons. The number of nitrogens with zero attached hydrogens (tertiary/aromatic N) is 2. The van der Waals surface area contributed by atoms with Gasteiger partial charge in [0, 0.05) is 27.9 Å². The standard InChI is InChI=1S/C66H52N2/c1-65(2)58-39-31-52(47-21-13-7-14-22-47)43-62(58)68-63-44-53(48-23-15-8-16-24-48)32-40-59(63)66(3,4)61-42-54(41-60(65)64(61)68)51-29-37-57(38-30-51)67(55-33-25-49(26-34-55)45-17-9-5-10-18-45)56-35-27-50(28-36-56)46-19-11-6-12-20-46/h5-44H,1-4H3. The van der Waals surface area contributed by atoms with Crippen molar-refractivity contribution in [2.45, 2.75) is 38.5 Å². The van der Waals surface area contributed by atoms with Crippen molar-refractivity contribution in [1.82, 2.24) is 0 Å². The maximum absolute atomic E-state index is 2.60. The largest absolute Gasteiger partial charge is 0.311 e. The second-order valence-corrected chi connectivity index (χ2v) is 19.4. The van der Waals surface area contributed by atoms with Gasteiger partial charge < -0.3 is 9.80 Å². The molecule has 0 unspecified atom stereocenters. The molecule has 2 aliphatic heterocycles. The second-order valence-electron chi connectivity index (χ2n) is 19.4. The van der Waals surface area contributed by atoms with Crippen molar-refractivity contribution in [3.63, 3.8) is 0 Å². The van der Waals surface area contributed by atoms with Crippen LogP contribution in [-0.4, -0.2) is 0 Å². The van der Waals surface area contributed by atoms with Gasteiger partial charge in [-0.2, -0.15) is 0 Å². The van der Waals surface area contributed by atoms with Crippen molar-refractivity contribution < 1.29 is 0 Å². The van der Waals surface area contributed by atoms with E-state index in [1.807, 2.05) is 0 Å². The van der Waals surface area contributed by atoms with Gasteiger partial charge in [0.2, 0.25) is 0 Å². The molecule has 0 N–H and O–H groups in total. The van der Waals surface area contributed by atoms with E-state index in [1.165, 1.54) is 95.0 Å². The van der Waals surface area contributed by atoms with Gasteiger partial charge in [-0.25, -0.2) is 0 Å². The molecule has 12 rings (SSSR count). The van der Waals surface area contributed by atoms with E-state index in [1.54, 1.807) is 0 Å². The summed E-state index contributed by atoms with van der Waals surface area (Å²) >= 11 is 0. The van der Waals surface area contributed by atoms with E-state index in [-0.39, 0.29) is 10.8 Å². The normalized spacial score (nSPS) is 13.8. The van der Waals surface area contributed by atoms with Crippen LogP contribution in [0.2, 0.25) is 0 Å². The van der Waals surface area contributed by atoms with Gasteiger partial charge in [0.25, 0.3) is 0 Å². The van der Waals surface area contributed by atoms with Gasteiger partial charge in [-0.1, -0.05) is 210 Å². The molecule has 0 saturated heterocycles. The van der Waals surface area contributed by atoms with Crippen molar-refractivity contribution in [3.8, 4) is 55.6 Å². The fraction of sp³-hybridized carbons (Fsp3) is 0.0909. The molecule has 0 spiro atoms. The fourth-order valence-electron chi connectivity index (χ4n) is 10.9. The molecule has 10 aromatic rings. The predicted molar refractivity (Wildman–Crippen MR) is 287 cm³/mol. The fourth-order valence-corrected chi connectivity index (χ4v) is 10.9. The molecule has 10 aromatic carbocycles. The van der Waals surface area contributed by atoms with Crippen molar-refractivity contribution in [2.24, 2.45) is 0 Å². The molecule has 0 amide bonds. The average Bonchev–Trinajstić information content (AvgIpc) is 3.40. The third-order valence-electron chi connectivity index (χ3n) is 14.6. The van der Waals surface area contributed by atoms with Gasteiger partial charge in [0.15, 0.2) is 0 Å². The van der Waals surface area contributed by atoms with Crippen LogP contribution < -0.4 is 9.80 Å². The first kappa shape index (κ1) is 41.2. The zero-order valence-corrected chi connectivity index (χ0v) is 39.0. The summed E-state index contributed by atoms with van der Waals surface area (Å²) in [5.41, 5.74) is 24.0. The summed E-state index contributed by atoms with van der Waals surface area (Å²) in [4.78, 5) is 4.97. The lowest BCUT2D eigenvalue weighted by atomic mass is 9.65. The molecular weight excluding hydrogens is 821 g/mol. The van der Waals surface area contributed by atoms with E-state index in [0.717, 1.165) is 17.1 Å². The summed E-state index contributed by atoms with van der Waals surface area (Å²) in [6.45, 7) is 9.67. The van der Waals surface area contributed by atoms with Gasteiger partial charge in [0.05, 0.1) is 17.1 Å². The molecule has 0 aliphatic carbocycles. The van der Waals surface area contributed by atoms with E-state index >= 15 is 0 Å². The summed E-state index contributed by atoms with van der Waals surface area (Å²) < 4.78 is 0. The summed E-state index contributed by atoms with van der Waals surface area (Å²) in [7, 11) is 0. The lowest BCUT2D eigenvalue weighted by Gasteiger charge is -2.50. The first-order valence-electron chi connectivity index (χ1n) is 23.8. The lowest BCUT2D eigenvalue weighted by Crippen LogP contribution is -2.38. The molecule has 2 heterocycles. The summed E-state index contributed by atoms with van der Waals surface area (Å²) in [6.07, 6.45) is 0. The first-order chi connectivity index (χ1) is 33.2. The van der Waals surface area contributed by atoms with E-state index in [9.17, 15) is 0 Å². The van der Waals surface area contributed by atoms with Crippen LogP contribution in [-0.2, 0) is 10.8 Å². The van der Waals surface area contributed by atoms with Gasteiger partial charge in [-0.3, -0.25) is 0 Å². The minimum Gasteiger partial charge on any atom is -0.311 e. The number of hydrogen-bond acceptors (Lipinski definition) is 2. The van der Waals surface area contributed by atoms with Gasteiger partial charge in [-0.15, -0.1) is 0 Å². The van der Waals surface area contributed by atoms with Gasteiger partial charge in [0.1, 0.15) is 0 Å². The Bertz CT molecular complexity index is 3240. The number of anilines is 6. The topological polar surface area (TPSA) is 6.48 Å². The average molecular weight is 873 g/mol. The van der Waals surface area contributed by atoms with Crippen LogP contribution in [0.15, 0.2) is 243 Å². The van der Waals surface area contributed by atoms with E-state index in [2.05, 4.69) is 280 Å². The second kappa shape index (κ2) is 16.3. The van der Waals surface area contributed by atoms with Crippen molar-refractivity contribution in [1.29, 1.82) is 0 Å². The Balaban J connectivity index is 0.987. The Morgan fingerprint density at radius 3 is 0.882 bits per heavy atom. The molecule has 0 aromatic heterocycles.